The van der Waals surface area contributed by atoms with E-state index >= 15 is 0 Å². The third-order valence-corrected chi connectivity index (χ3v) is 3.39. The highest BCUT2D eigenvalue weighted by Crippen LogP contribution is 2.12. The molecular formula is C8H13N3OS2. The first kappa shape index (κ1) is 11.5. The van der Waals surface area contributed by atoms with Crippen molar-refractivity contribution in [1.29, 1.82) is 0 Å². The van der Waals surface area contributed by atoms with Gasteiger partial charge in [-0.3, -0.25) is 4.79 Å². The molecule has 0 aliphatic heterocycles. The molecule has 1 aromatic rings. The van der Waals surface area contributed by atoms with E-state index in [9.17, 15) is 4.79 Å². The van der Waals surface area contributed by atoms with Crippen LogP contribution in [0.2, 0.25) is 0 Å². The Hall–Kier alpha value is -0.590. The Labute approximate surface area is 91.3 Å². The van der Waals surface area contributed by atoms with Crippen LogP contribution in [0.25, 0.3) is 0 Å². The molecule has 0 bridgehead atoms. The molecule has 0 aliphatic carbocycles. The molecule has 0 radical (unpaired) electrons. The lowest BCUT2D eigenvalue weighted by Crippen LogP contribution is -2.19. The van der Waals surface area contributed by atoms with Gasteiger partial charge in [-0.1, -0.05) is 6.92 Å². The van der Waals surface area contributed by atoms with Gasteiger partial charge in [-0.05, 0) is 0 Å². The van der Waals surface area contributed by atoms with Gasteiger partial charge in [0.05, 0.1) is 5.75 Å². The second-order valence-electron chi connectivity index (χ2n) is 2.74. The van der Waals surface area contributed by atoms with E-state index in [1.54, 1.807) is 18.0 Å². The van der Waals surface area contributed by atoms with E-state index in [2.05, 4.69) is 10.3 Å². The maximum absolute atomic E-state index is 11.3. The number of carbonyl (C=O) groups is 1. The van der Waals surface area contributed by atoms with Crippen LogP contribution in [0.5, 0.6) is 0 Å². The smallest absolute Gasteiger partial charge is 0.236 e. The lowest BCUT2D eigenvalue weighted by atomic mass is 10.5. The summed E-state index contributed by atoms with van der Waals surface area (Å²) in [6, 6.07) is 0. The van der Waals surface area contributed by atoms with Crippen LogP contribution in [0.4, 0.5) is 5.13 Å². The van der Waals surface area contributed by atoms with Crippen LogP contribution < -0.4 is 11.1 Å². The van der Waals surface area contributed by atoms with E-state index in [4.69, 9.17) is 5.73 Å². The van der Waals surface area contributed by atoms with Gasteiger partial charge in [0.25, 0.3) is 0 Å². The second kappa shape index (κ2) is 6.00. The van der Waals surface area contributed by atoms with E-state index in [0.29, 0.717) is 22.7 Å². The summed E-state index contributed by atoms with van der Waals surface area (Å²) in [5.41, 5.74) is 5.43. The molecular weight excluding hydrogens is 218 g/mol. The van der Waals surface area contributed by atoms with Crippen molar-refractivity contribution < 1.29 is 4.79 Å². The fourth-order valence-corrected chi connectivity index (χ4v) is 1.92. The van der Waals surface area contributed by atoms with E-state index < -0.39 is 0 Å². The van der Waals surface area contributed by atoms with Crippen molar-refractivity contribution in [1.82, 2.24) is 4.98 Å². The van der Waals surface area contributed by atoms with Crippen LogP contribution >= 0.6 is 23.1 Å². The summed E-state index contributed by atoms with van der Waals surface area (Å²) in [5, 5.41) is 5.50. The van der Waals surface area contributed by atoms with Gasteiger partial charge in [0.2, 0.25) is 5.91 Å². The predicted molar refractivity (Wildman–Crippen MR) is 61.7 cm³/mol. The van der Waals surface area contributed by atoms with Crippen molar-refractivity contribution in [3.8, 4) is 0 Å². The highest BCUT2D eigenvalue weighted by atomic mass is 32.2. The number of nitrogens with one attached hydrogen (secondary N) is 1. The molecule has 0 aliphatic rings. The van der Waals surface area contributed by atoms with Crippen molar-refractivity contribution in [3.05, 3.63) is 11.6 Å². The molecule has 0 aromatic carbocycles. The predicted octanol–water partition coefficient (Wildman–Crippen LogP) is 1.16. The van der Waals surface area contributed by atoms with Crippen LogP contribution in [0.1, 0.15) is 6.92 Å². The molecule has 4 nitrogen and oxygen atoms in total. The number of hydrogen-bond acceptors (Lipinski definition) is 5. The van der Waals surface area contributed by atoms with Crippen molar-refractivity contribution in [3.63, 3.8) is 0 Å². The van der Waals surface area contributed by atoms with Crippen LogP contribution in [-0.4, -0.2) is 28.4 Å². The topological polar surface area (TPSA) is 68.0 Å². The summed E-state index contributed by atoms with van der Waals surface area (Å²) in [5.74, 6) is 0.406. The number of nitrogens with two attached hydrogens (primary N) is 1. The Morgan fingerprint density at radius 3 is 3.21 bits per heavy atom. The molecule has 1 rings (SSSR count). The summed E-state index contributed by atoms with van der Waals surface area (Å²) in [6.45, 7) is 2.59. The quantitative estimate of drug-likeness (QED) is 0.798. The minimum absolute atomic E-state index is 0.0229. The van der Waals surface area contributed by atoms with E-state index in [-0.39, 0.29) is 5.91 Å². The number of rotatable bonds is 5. The Morgan fingerprint density at radius 2 is 2.64 bits per heavy atom. The average molecular weight is 231 g/mol. The largest absolute Gasteiger partial charge is 0.329 e. The normalized spacial score (nSPS) is 12.4. The van der Waals surface area contributed by atoms with Gasteiger partial charge in [0.15, 0.2) is 5.13 Å². The molecule has 1 unspecified atom stereocenters. The molecule has 14 heavy (non-hydrogen) atoms. The van der Waals surface area contributed by atoms with Crippen molar-refractivity contribution in [2.24, 2.45) is 5.73 Å². The fourth-order valence-electron chi connectivity index (χ4n) is 0.727. The van der Waals surface area contributed by atoms with Crippen LogP contribution in [0.15, 0.2) is 11.6 Å². The summed E-state index contributed by atoms with van der Waals surface area (Å²) in [6.07, 6.45) is 1.66. The average Bonchev–Trinajstić information content (AvgIpc) is 2.66. The molecule has 0 saturated carbocycles. The molecule has 78 valence electrons. The lowest BCUT2D eigenvalue weighted by Gasteiger charge is -2.06. The first-order chi connectivity index (χ1) is 6.72. The molecule has 6 heteroatoms. The second-order valence-corrected chi connectivity index (χ2v) is 5.06. The number of amides is 1. The van der Waals surface area contributed by atoms with Gasteiger partial charge in [-0.2, -0.15) is 0 Å². The Bertz CT molecular complexity index is 276. The monoisotopic (exact) mass is 231 g/mol. The Morgan fingerprint density at radius 1 is 1.86 bits per heavy atom. The van der Waals surface area contributed by atoms with Crippen molar-refractivity contribution in [2.45, 2.75) is 12.2 Å². The van der Waals surface area contributed by atoms with Gasteiger partial charge in [0.1, 0.15) is 0 Å². The van der Waals surface area contributed by atoms with Gasteiger partial charge in [0, 0.05) is 23.4 Å². The van der Waals surface area contributed by atoms with E-state index in [1.165, 1.54) is 11.3 Å². The SMILES string of the molecule is CC(CN)SCC(=O)Nc1nccs1. The first-order valence-corrected chi connectivity index (χ1v) is 6.16. The summed E-state index contributed by atoms with van der Waals surface area (Å²) >= 11 is 2.96. The lowest BCUT2D eigenvalue weighted by molar-refractivity contribution is -0.113. The number of carbonyl (C=O) groups excluding carboxylic acids is 1. The third kappa shape index (κ3) is 4.08. The Balaban J connectivity index is 2.23. The molecule has 1 atom stereocenters. The molecule has 1 heterocycles. The van der Waals surface area contributed by atoms with E-state index in [1.807, 2.05) is 12.3 Å². The van der Waals surface area contributed by atoms with Gasteiger partial charge < -0.3 is 11.1 Å². The fraction of sp³-hybridized carbons (Fsp3) is 0.500. The van der Waals surface area contributed by atoms with Gasteiger partial charge in [-0.25, -0.2) is 4.98 Å². The maximum Gasteiger partial charge on any atom is 0.236 e. The molecule has 1 amide bonds. The van der Waals surface area contributed by atoms with Crippen LogP contribution in [0, 0.1) is 0 Å². The Kier molecular flexibility index (Phi) is 4.92. The minimum Gasteiger partial charge on any atom is -0.329 e. The zero-order valence-corrected chi connectivity index (χ0v) is 9.53. The van der Waals surface area contributed by atoms with Crippen LogP contribution in [-0.2, 0) is 4.79 Å². The van der Waals surface area contributed by atoms with Crippen molar-refractivity contribution >= 4 is 34.1 Å². The number of hydrogen-bond donors (Lipinski definition) is 2. The number of aromatic nitrogens is 1. The number of nitrogens with zero attached hydrogens (tertiary/aromatic N) is 1. The van der Waals surface area contributed by atoms with Gasteiger partial charge >= 0.3 is 0 Å². The third-order valence-electron chi connectivity index (χ3n) is 1.51. The zero-order valence-electron chi connectivity index (χ0n) is 7.90. The molecule has 0 saturated heterocycles. The summed E-state index contributed by atoms with van der Waals surface area (Å²) in [4.78, 5) is 15.3. The number of anilines is 1. The molecule has 0 fully saturated rings. The van der Waals surface area contributed by atoms with Crippen molar-refractivity contribution in [2.75, 3.05) is 17.6 Å². The minimum atomic E-state index is -0.0229. The highest BCUT2D eigenvalue weighted by Gasteiger charge is 2.06. The molecule has 0 spiro atoms. The summed E-state index contributed by atoms with van der Waals surface area (Å²) in [7, 11) is 0. The summed E-state index contributed by atoms with van der Waals surface area (Å²) < 4.78 is 0. The molecule has 3 N–H and O–H groups in total. The van der Waals surface area contributed by atoms with Gasteiger partial charge in [-0.15, -0.1) is 23.1 Å². The van der Waals surface area contributed by atoms with Crippen LogP contribution in [0.3, 0.4) is 0 Å². The first-order valence-electron chi connectivity index (χ1n) is 4.23. The number of thioether (sulfide) groups is 1. The van der Waals surface area contributed by atoms with E-state index in [0.717, 1.165) is 0 Å². The standard InChI is InChI=1S/C8H13N3OS2/c1-6(4-9)14-5-7(12)11-8-10-2-3-13-8/h2-3,6H,4-5,9H2,1H3,(H,10,11,12). The zero-order chi connectivity index (χ0) is 10.4. The molecule has 1 aromatic heterocycles. The maximum atomic E-state index is 11.3. The highest BCUT2D eigenvalue weighted by molar-refractivity contribution is 8.00. The number of thiazole rings is 1.